The molecule has 0 atom stereocenters. The first kappa shape index (κ1) is 17.5. The lowest BCUT2D eigenvalue weighted by molar-refractivity contribution is 0.317. The number of rotatable bonds is 8. The van der Waals surface area contributed by atoms with Gasteiger partial charge in [0.05, 0.1) is 6.61 Å². The molecule has 4 heteroatoms. The molecule has 0 bridgehead atoms. The van der Waals surface area contributed by atoms with Gasteiger partial charge in [0, 0.05) is 17.3 Å². The zero-order valence-electron chi connectivity index (χ0n) is 14.0. The number of nitrogens with one attached hydrogen (secondary N) is 1. The Morgan fingerprint density at radius 2 is 1.52 bits per heavy atom. The van der Waals surface area contributed by atoms with Gasteiger partial charge in [0.25, 0.3) is 0 Å². The second-order valence-corrected chi connectivity index (χ2v) is 5.90. The molecule has 2 rings (SSSR count). The molecule has 0 spiro atoms. The van der Waals surface area contributed by atoms with Crippen molar-refractivity contribution in [3.8, 4) is 11.5 Å². The Morgan fingerprint density at radius 1 is 0.913 bits per heavy atom. The summed E-state index contributed by atoms with van der Waals surface area (Å²) in [5.41, 5.74) is 3.13. The van der Waals surface area contributed by atoms with Crippen LogP contribution in [0, 0.1) is 13.8 Å². The van der Waals surface area contributed by atoms with E-state index in [0.29, 0.717) is 6.61 Å². The van der Waals surface area contributed by atoms with Crippen LogP contribution in [-0.4, -0.2) is 19.8 Å². The van der Waals surface area contributed by atoms with E-state index in [0.717, 1.165) is 52.9 Å². The summed E-state index contributed by atoms with van der Waals surface area (Å²) >= 11 is 6.16. The van der Waals surface area contributed by atoms with Gasteiger partial charge in [-0.2, -0.15) is 0 Å². The number of hydrogen-bond donors (Lipinski definition) is 1. The Bertz CT molecular complexity index is 603. The van der Waals surface area contributed by atoms with E-state index in [4.69, 9.17) is 21.1 Å². The first-order chi connectivity index (χ1) is 11.1. The smallest absolute Gasteiger partial charge is 0.120 e. The Balaban J connectivity index is 1.77. The first-order valence-corrected chi connectivity index (χ1v) is 8.34. The van der Waals surface area contributed by atoms with Gasteiger partial charge in [-0.25, -0.2) is 0 Å². The van der Waals surface area contributed by atoms with E-state index in [2.05, 4.69) is 12.2 Å². The van der Waals surface area contributed by atoms with Crippen LogP contribution in [0.25, 0.3) is 0 Å². The van der Waals surface area contributed by atoms with Crippen LogP contribution in [0.5, 0.6) is 11.5 Å². The molecule has 0 unspecified atom stereocenters. The molecule has 0 aromatic heterocycles. The standard InChI is InChI=1S/C19H24ClNO2/c1-4-10-22-17-7-5-16(6-8-17)21-9-11-23-18-12-14(2)19(20)15(3)13-18/h5-8,12-13,21H,4,9-11H2,1-3H3. The minimum absolute atomic E-state index is 0.592. The number of benzene rings is 2. The lowest BCUT2D eigenvalue weighted by Gasteiger charge is -2.11. The van der Waals surface area contributed by atoms with Crippen LogP contribution in [0.2, 0.25) is 5.02 Å². The monoisotopic (exact) mass is 333 g/mol. The van der Waals surface area contributed by atoms with E-state index >= 15 is 0 Å². The van der Waals surface area contributed by atoms with E-state index in [1.165, 1.54) is 0 Å². The maximum absolute atomic E-state index is 6.16. The number of hydrogen-bond acceptors (Lipinski definition) is 3. The largest absolute Gasteiger partial charge is 0.494 e. The third-order valence-corrected chi connectivity index (χ3v) is 4.03. The predicted octanol–water partition coefficient (Wildman–Crippen LogP) is 5.24. The van der Waals surface area contributed by atoms with Gasteiger partial charge in [0.15, 0.2) is 0 Å². The molecular formula is C19H24ClNO2. The Hall–Kier alpha value is -1.87. The molecule has 3 nitrogen and oxygen atoms in total. The molecule has 0 fully saturated rings. The molecular weight excluding hydrogens is 310 g/mol. The third-order valence-electron chi connectivity index (χ3n) is 3.44. The molecule has 0 aliphatic heterocycles. The minimum atomic E-state index is 0.592. The Morgan fingerprint density at radius 3 is 2.13 bits per heavy atom. The fourth-order valence-electron chi connectivity index (χ4n) is 2.24. The van der Waals surface area contributed by atoms with Crippen molar-refractivity contribution in [2.45, 2.75) is 27.2 Å². The zero-order chi connectivity index (χ0) is 16.7. The maximum atomic E-state index is 6.16. The highest BCUT2D eigenvalue weighted by molar-refractivity contribution is 6.32. The topological polar surface area (TPSA) is 30.5 Å². The molecule has 124 valence electrons. The zero-order valence-corrected chi connectivity index (χ0v) is 14.7. The second-order valence-electron chi connectivity index (χ2n) is 5.52. The summed E-state index contributed by atoms with van der Waals surface area (Å²) in [6.45, 7) is 8.15. The van der Waals surface area contributed by atoms with E-state index in [1.54, 1.807) is 0 Å². The first-order valence-electron chi connectivity index (χ1n) is 7.96. The minimum Gasteiger partial charge on any atom is -0.494 e. The highest BCUT2D eigenvalue weighted by Crippen LogP contribution is 2.25. The van der Waals surface area contributed by atoms with Gasteiger partial charge in [-0.15, -0.1) is 0 Å². The van der Waals surface area contributed by atoms with Gasteiger partial charge in [-0.05, 0) is 67.8 Å². The van der Waals surface area contributed by atoms with Crippen molar-refractivity contribution in [1.82, 2.24) is 0 Å². The SMILES string of the molecule is CCCOc1ccc(NCCOc2cc(C)c(Cl)c(C)c2)cc1. The van der Waals surface area contributed by atoms with Gasteiger partial charge in [0.1, 0.15) is 18.1 Å². The second kappa shape index (κ2) is 8.68. The lowest BCUT2D eigenvalue weighted by atomic mass is 10.1. The van der Waals surface area contributed by atoms with E-state index in [-0.39, 0.29) is 0 Å². The maximum Gasteiger partial charge on any atom is 0.120 e. The quantitative estimate of drug-likeness (QED) is 0.670. The van der Waals surface area contributed by atoms with Crippen LogP contribution < -0.4 is 14.8 Å². The molecule has 0 aliphatic carbocycles. The van der Waals surface area contributed by atoms with Crippen molar-refractivity contribution in [1.29, 1.82) is 0 Å². The number of ether oxygens (including phenoxy) is 2. The van der Waals surface area contributed by atoms with Gasteiger partial charge in [0.2, 0.25) is 0 Å². The fraction of sp³-hybridized carbons (Fsp3) is 0.368. The van der Waals surface area contributed by atoms with Crippen LogP contribution in [0.1, 0.15) is 24.5 Å². The summed E-state index contributed by atoms with van der Waals surface area (Å²) in [5.74, 6) is 1.76. The van der Waals surface area contributed by atoms with Crippen LogP contribution in [-0.2, 0) is 0 Å². The summed E-state index contributed by atoms with van der Waals surface area (Å²) < 4.78 is 11.3. The van der Waals surface area contributed by atoms with E-state index in [1.807, 2.05) is 50.2 Å². The van der Waals surface area contributed by atoms with Gasteiger partial charge in [-0.1, -0.05) is 18.5 Å². The average Bonchev–Trinajstić information content (AvgIpc) is 2.55. The average molecular weight is 334 g/mol. The van der Waals surface area contributed by atoms with Crippen LogP contribution in [0.3, 0.4) is 0 Å². The number of anilines is 1. The Kier molecular flexibility index (Phi) is 6.60. The highest BCUT2D eigenvalue weighted by atomic mass is 35.5. The van der Waals surface area contributed by atoms with Crippen molar-refractivity contribution in [2.24, 2.45) is 0 Å². The summed E-state index contributed by atoms with van der Waals surface area (Å²) in [6.07, 6.45) is 1.01. The third kappa shape index (κ3) is 5.36. The van der Waals surface area contributed by atoms with Crippen molar-refractivity contribution < 1.29 is 9.47 Å². The normalized spacial score (nSPS) is 10.4. The molecule has 0 radical (unpaired) electrons. The molecule has 2 aromatic carbocycles. The van der Waals surface area contributed by atoms with Crippen molar-refractivity contribution in [3.63, 3.8) is 0 Å². The molecule has 2 aromatic rings. The highest BCUT2D eigenvalue weighted by Gasteiger charge is 2.03. The number of aryl methyl sites for hydroxylation is 2. The summed E-state index contributed by atoms with van der Waals surface area (Å²) in [7, 11) is 0. The van der Waals surface area contributed by atoms with Gasteiger partial charge < -0.3 is 14.8 Å². The van der Waals surface area contributed by atoms with Crippen molar-refractivity contribution in [3.05, 3.63) is 52.5 Å². The van der Waals surface area contributed by atoms with Crippen molar-refractivity contribution >= 4 is 17.3 Å². The molecule has 0 saturated carbocycles. The molecule has 23 heavy (non-hydrogen) atoms. The molecule has 0 heterocycles. The van der Waals surface area contributed by atoms with E-state index < -0.39 is 0 Å². The molecule has 1 N–H and O–H groups in total. The van der Waals surface area contributed by atoms with Crippen LogP contribution in [0.15, 0.2) is 36.4 Å². The molecule has 0 aliphatic rings. The number of halogens is 1. The molecule has 0 amide bonds. The van der Waals surface area contributed by atoms with E-state index in [9.17, 15) is 0 Å². The van der Waals surface area contributed by atoms with Gasteiger partial charge in [-0.3, -0.25) is 0 Å². The summed E-state index contributed by atoms with van der Waals surface area (Å²) in [5, 5.41) is 4.14. The summed E-state index contributed by atoms with van der Waals surface area (Å²) in [4.78, 5) is 0. The van der Waals surface area contributed by atoms with Crippen LogP contribution >= 0.6 is 11.6 Å². The molecule has 0 saturated heterocycles. The summed E-state index contributed by atoms with van der Waals surface area (Å²) in [6, 6.07) is 11.9. The van der Waals surface area contributed by atoms with Gasteiger partial charge >= 0.3 is 0 Å². The fourth-order valence-corrected chi connectivity index (χ4v) is 2.35. The Labute approximate surface area is 143 Å². The predicted molar refractivity (Wildman–Crippen MR) is 97.1 cm³/mol. The van der Waals surface area contributed by atoms with Crippen molar-refractivity contribution in [2.75, 3.05) is 25.1 Å². The van der Waals surface area contributed by atoms with Crippen LogP contribution in [0.4, 0.5) is 5.69 Å². The lowest BCUT2D eigenvalue weighted by Crippen LogP contribution is -2.11.